The van der Waals surface area contributed by atoms with Crippen molar-refractivity contribution in [3.05, 3.63) is 95.8 Å². The Balaban J connectivity index is 1.54. The van der Waals surface area contributed by atoms with Gasteiger partial charge in [-0.25, -0.2) is 17.6 Å². The molecule has 1 saturated heterocycles. The molecule has 10 heteroatoms. The van der Waals surface area contributed by atoms with Crippen LogP contribution in [0.2, 0.25) is 0 Å². The maximum absolute atomic E-state index is 13.8. The lowest BCUT2D eigenvalue weighted by atomic mass is 10.0. The smallest absolute Gasteiger partial charge is 0.329 e. The summed E-state index contributed by atoms with van der Waals surface area (Å²) in [5.74, 6) is -1.25. The standard InChI is InChI=1S/C31H35FN2O6S/c1-22(2)40-26-16-14-23(15-17-26)19-28(31(36)39-21-24-9-4-3-5-10-24)33-30(35)29-13-6-7-18-34(29)41(37,38)27-12-8-11-25(32)20-27/h3-5,8-12,14-17,20,22,28-29H,6-7,13,18-19,21H2,1-2H3,(H,33,35). The van der Waals surface area contributed by atoms with Crippen LogP contribution in [0.3, 0.4) is 0 Å². The Morgan fingerprint density at radius 2 is 1.71 bits per heavy atom. The van der Waals surface area contributed by atoms with E-state index in [0.717, 1.165) is 27.6 Å². The topological polar surface area (TPSA) is 102 Å². The number of sulfonamides is 1. The third-order valence-corrected chi connectivity index (χ3v) is 8.62. The van der Waals surface area contributed by atoms with Crippen molar-refractivity contribution in [2.75, 3.05) is 6.54 Å². The zero-order chi connectivity index (χ0) is 29.4. The van der Waals surface area contributed by atoms with E-state index in [1.165, 1.54) is 12.1 Å². The summed E-state index contributed by atoms with van der Waals surface area (Å²) in [6, 6.07) is 19.0. The summed E-state index contributed by atoms with van der Waals surface area (Å²) in [5.41, 5.74) is 1.55. The van der Waals surface area contributed by atoms with Crippen molar-refractivity contribution < 1.29 is 31.9 Å². The van der Waals surface area contributed by atoms with Gasteiger partial charge < -0.3 is 14.8 Å². The number of ether oxygens (including phenoxy) is 2. The minimum Gasteiger partial charge on any atom is -0.491 e. The van der Waals surface area contributed by atoms with Gasteiger partial charge in [0.15, 0.2) is 0 Å². The number of hydrogen-bond donors (Lipinski definition) is 1. The number of hydrogen-bond acceptors (Lipinski definition) is 6. The Morgan fingerprint density at radius 1 is 0.976 bits per heavy atom. The highest BCUT2D eigenvalue weighted by Crippen LogP contribution is 2.26. The molecular formula is C31H35FN2O6S. The average molecular weight is 583 g/mol. The summed E-state index contributed by atoms with van der Waals surface area (Å²) in [6.07, 6.45) is 1.60. The van der Waals surface area contributed by atoms with E-state index in [-0.39, 0.29) is 37.0 Å². The molecule has 1 fully saturated rings. The molecular weight excluding hydrogens is 547 g/mol. The minimum atomic E-state index is -4.15. The molecule has 2 unspecified atom stereocenters. The first kappa shape index (κ1) is 30.2. The lowest BCUT2D eigenvalue weighted by Gasteiger charge is -2.34. The van der Waals surface area contributed by atoms with Crippen molar-refractivity contribution in [3.8, 4) is 5.75 Å². The summed E-state index contributed by atoms with van der Waals surface area (Å²) in [6.45, 7) is 3.98. The number of carbonyl (C=O) groups excluding carboxylic acids is 2. The molecule has 0 saturated carbocycles. The van der Waals surface area contributed by atoms with Crippen molar-refractivity contribution in [1.29, 1.82) is 0 Å². The molecule has 1 aliphatic rings. The molecule has 218 valence electrons. The highest BCUT2D eigenvalue weighted by Gasteiger charge is 2.39. The molecule has 4 rings (SSSR count). The second-order valence-electron chi connectivity index (χ2n) is 10.3. The van der Waals surface area contributed by atoms with Gasteiger partial charge >= 0.3 is 5.97 Å². The van der Waals surface area contributed by atoms with Crippen molar-refractivity contribution in [3.63, 3.8) is 0 Å². The first-order chi connectivity index (χ1) is 19.6. The fraction of sp³-hybridized carbons (Fsp3) is 0.355. The number of piperidine rings is 1. The van der Waals surface area contributed by atoms with Crippen LogP contribution in [0.1, 0.15) is 44.2 Å². The maximum atomic E-state index is 13.8. The highest BCUT2D eigenvalue weighted by molar-refractivity contribution is 7.89. The first-order valence-electron chi connectivity index (χ1n) is 13.7. The van der Waals surface area contributed by atoms with E-state index in [2.05, 4.69) is 5.32 Å². The van der Waals surface area contributed by atoms with Gasteiger partial charge in [-0.05, 0) is 68.1 Å². The molecule has 8 nitrogen and oxygen atoms in total. The normalized spacial score (nSPS) is 16.6. The Labute approximate surface area is 240 Å². The highest BCUT2D eigenvalue weighted by atomic mass is 32.2. The molecule has 0 aromatic heterocycles. The fourth-order valence-electron chi connectivity index (χ4n) is 4.72. The van der Waals surface area contributed by atoms with E-state index in [4.69, 9.17) is 9.47 Å². The Morgan fingerprint density at radius 3 is 2.39 bits per heavy atom. The van der Waals surface area contributed by atoms with Crippen LogP contribution in [0, 0.1) is 5.82 Å². The number of amides is 1. The van der Waals surface area contributed by atoms with Crippen LogP contribution in [-0.2, 0) is 37.4 Å². The van der Waals surface area contributed by atoms with Gasteiger partial charge in [0, 0.05) is 13.0 Å². The summed E-state index contributed by atoms with van der Waals surface area (Å²) >= 11 is 0. The van der Waals surface area contributed by atoms with Gasteiger partial charge in [0.1, 0.15) is 30.3 Å². The molecule has 1 aliphatic heterocycles. The molecule has 0 radical (unpaired) electrons. The molecule has 0 spiro atoms. The molecule has 1 N–H and O–H groups in total. The molecule has 3 aromatic carbocycles. The summed E-state index contributed by atoms with van der Waals surface area (Å²) in [7, 11) is -4.15. The molecule has 1 heterocycles. The number of benzene rings is 3. The molecule has 2 atom stereocenters. The second-order valence-corrected chi connectivity index (χ2v) is 12.1. The van der Waals surface area contributed by atoms with Crippen LogP contribution in [-0.4, -0.2) is 49.3 Å². The third kappa shape index (κ3) is 8.14. The lowest BCUT2D eigenvalue weighted by Crippen LogP contribution is -2.55. The quantitative estimate of drug-likeness (QED) is 0.331. The number of rotatable bonds is 11. The number of esters is 1. The van der Waals surface area contributed by atoms with Crippen LogP contribution < -0.4 is 10.1 Å². The van der Waals surface area contributed by atoms with Gasteiger partial charge in [-0.3, -0.25) is 4.79 Å². The number of nitrogens with zero attached hydrogens (tertiary/aromatic N) is 1. The Hall–Kier alpha value is -3.76. The van der Waals surface area contributed by atoms with Crippen LogP contribution in [0.5, 0.6) is 5.75 Å². The van der Waals surface area contributed by atoms with Gasteiger partial charge in [0.05, 0.1) is 11.0 Å². The molecule has 3 aromatic rings. The minimum absolute atomic E-state index is 0.00273. The SMILES string of the molecule is CC(C)Oc1ccc(CC(NC(=O)C2CCCCN2S(=O)(=O)c2cccc(F)c2)C(=O)OCc2ccccc2)cc1. The largest absolute Gasteiger partial charge is 0.491 e. The van der Waals surface area contributed by atoms with Gasteiger partial charge in [-0.2, -0.15) is 4.31 Å². The monoisotopic (exact) mass is 582 g/mol. The van der Waals surface area contributed by atoms with Crippen molar-refractivity contribution in [2.45, 2.75) is 69.2 Å². The van der Waals surface area contributed by atoms with E-state index in [9.17, 15) is 22.4 Å². The fourth-order valence-corrected chi connectivity index (χ4v) is 6.41. The van der Waals surface area contributed by atoms with E-state index in [1.807, 2.05) is 56.3 Å². The van der Waals surface area contributed by atoms with Crippen molar-refractivity contribution >= 4 is 21.9 Å². The van der Waals surface area contributed by atoms with Crippen LogP contribution >= 0.6 is 0 Å². The number of nitrogens with one attached hydrogen (secondary N) is 1. The number of halogens is 1. The van der Waals surface area contributed by atoms with E-state index in [1.54, 1.807) is 12.1 Å². The molecule has 0 aliphatic carbocycles. The summed E-state index contributed by atoms with van der Waals surface area (Å²) in [5, 5.41) is 2.76. The third-order valence-electron chi connectivity index (χ3n) is 6.72. The summed E-state index contributed by atoms with van der Waals surface area (Å²) in [4.78, 5) is 26.6. The van der Waals surface area contributed by atoms with Gasteiger partial charge in [0.25, 0.3) is 0 Å². The van der Waals surface area contributed by atoms with Crippen molar-refractivity contribution in [2.24, 2.45) is 0 Å². The van der Waals surface area contributed by atoms with Gasteiger partial charge in [-0.1, -0.05) is 55.0 Å². The average Bonchev–Trinajstić information content (AvgIpc) is 2.96. The summed E-state index contributed by atoms with van der Waals surface area (Å²) < 4.78 is 53.0. The van der Waals surface area contributed by atoms with E-state index >= 15 is 0 Å². The zero-order valence-electron chi connectivity index (χ0n) is 23.2. The second kappa shape index (κ2) is 13.7. The van der Waals surface area contributed by atoms with Crippen LogP contribution in [0.25, 0.3) is 0 Å². The Kier molecular flexibility index (Phi) is 10.1. The predicted octanol–water partition coefficient (Wildman–Crippen LogP) is 4.63. The number of carbonyl (C=O) groups is 2. The molecule has 41 heavy (non-hydrogen) atoms. The van der Waals surface area contributed by atoms with E-state index < -0.39 is 39.8 Å². The maximum Gasteiger partial charge on any atom is 0.329 e. The van der Waals surface area contributed by atoms with Gasteiger partial charge in [0.2, 0.25) is 15.9 Å². The van der Waals surface area contributed by atoms with Crippen LogP contribution in [0.4, 0.5) is 4.39 Å². The molecule has 0 bridgehead atoms. The predicted molar refractivity (Wildman–Crippen MR) is 152 cm³/mol. The van der Waals surface area contributed by atoms with Crippen molar-refractivity contribution in [1.82, 2.24) is 9.62 Å². The lowest BCUT2D eigenvalue weighted by molar-refractivity contribution is -0.149. The zero-order valence-corrected chi connectivity index (χ0v) is 24.0. The van der Waals surface area contributed by atoms with Gasteiger partial charge in [-0.15, -0.1) is 0 Å². The Bertz CT molecular complexity index is 1430. The molecule has 1 amide bonds. The first-order valence-corrected chi connectivity index (χ1v) is 15.1. The van der Waals surface area contributed by atoms with E-state index in [0.29, 0.717) is 18.6 Å². The van der Waals surface area contributed by atoms with Crippen LogP contribution in [0.15, 0.2) is 83.8 Å².